The van der Waals surface area contributed by atoms with Crippen molar-refractivity contribution >= 4 is 39.8 Å². The van der Waals surface area contributed by atoms with Gasteiger partial charge in [0.05, 0.1) is 17.8 Å². The summed E-state index contributed by atoms with van der Waals surface area (Å²) in [5.74, 6) is 0.0500. The summed E-state index contributed by atoms with van der Waals surface area (Å²) < 4.78 is 29.0. The third-order valence-electron chi connectivity index (χ3n) is 7.25. The van der Waals surface area contributed by atoms with E-state index in [4.69, 9.17) is 24.7 Å². The van der Waals surface area contributed by atoms with E-state index in [1.54, 1.807) is 28.9 Å². The van der Waals surface area contributed by atoms with E-state index in [1.165, 1.54) is 25.6 Å². The monoisotopic (exact) mass is 659 g/mol. The van der Waals surface area contributed by atoms with Crippen LogP contribution in [0.15, 0.2) is 61.3 Å². The van der Waals surface area contributed by atoms with Crippen molar-refractivity contribution in [2.45, 2.75) is 46.4 Å². The fraction of sp³-hybridized carbons (Fsp3) is 0.333. The second-order valence-electron chi connectivity index (χ2n) is 11.6. The van der Waals surface area contributed by atoms with Crippen molar-refractivity contribution in [2.75, 3.05) is 29.9 Å². The van der Waals surface area contributed by atoms with Gasteiger partial charge in [-0.3, -0.25) is 10.5 Å². The molecule has 5 N–H and O–H groups in total. The molecule has 14 nitrogen and oxygen atoms in total. The average molecular weight is 660 g/mol. The van der Waals surface area contributed by atoms with Crippen LogP contribution in [-0.2, 0) is 4.79 Å². The number of ketones is 1. The summed E-state index contributed by atoms with van der Waals surface area (Å²) in [5.41, 5.74) is 7.47. The number of carbonyl (C=O) groups is 1. The van der Waals surface area contributed by atoms with Gasteiger partial charge in [0, 0.05) is 43.4 Å². The molecule has 0 aliphatic carbocycles. The minimum atomic E-state index is -2.37. The maximum absolute atomic E-state index is 15.3. The summed E-state index contributed by atoms with van der Waals surface area (Å²) in [7, 11) is 0. The molecule has 15 heteroatoms. The molecule has 5 aromatic rings. The molecule has 252 valence electrons. The highest BCUT2D eigenvalue weighted by Crippen LogP contribution is 2.36. The summed E-state index contributed by atoms with van der Waals surface area (Å²) in [6.45, 7) is 9.82. The molecule has 1 aliphatic heterocycles. The molecule has 6 rings (SSSR count). The summed E-state index contributed by atoms with van der Waals surface area (Å²) >= 11 is 0. The van der Waals surface area contributed by atoms with Crippen molar-refractivity contribution in [3.05, 3.63) is 72.7 Å². The second-order valence-corrected chi connectivity index (χ2v) is 11.6. The Bertz CT molecular complexity index is 1940. The summed E-state index contributed by atoms with van der Waals surface area (Å²) in [6.07, 6.45) is 8.56. The van der Waals surface area contributed by atoms with Crippen LogP contribution >= 0.6 is 0 Å². The van der Waals surface area contributed by atoms with Gasteiger partial charge in [0.1, 0.15) is 35.5 Å². The SMILES string of the molecule is CC(=O)/C=C/C(N)(O)O.CCCCN1CC(C)COc2cc3ncnc(Nc4cc(C)c(Oc5ccn6ncnc6c5)cc4F)c3nc21. The van der Waals surface area contributed by atoms with Gasteiger partial charge in [0.15, 0.2) is 28.8 Å². The lowest BCUT2D eigenvalue weighted by atomic mass is 10.2. The molecule has 1 unspecified atom stereocenters. The summed E-state index contributed by atoms with van der Waals surface area (Å²) in [4.78, 5) is 30.3. The fourth-order valence-corrected chi connectivity index (χ4v) is 4.90. The molecule has 1 atom stereocenters. The number of aromatic nitrogens is 6. The number of nitrogens with two attached hydrogens (primary N) is 1. The van der Waals surface area contributed by atoms with E-state index >= 15 is 4.39 Å². The Morgan fingerprint density at radius 1 is 1.23 bits per heavy atom. The van der Waals surface area contributed by atoms with Gasteiger partial charge >= 0.3 is 0 Å². The number of carbonyl (C=O) groups excluding carboxylic acids is 1. The highest BCUT2D eigenvalue weighted by molar-refractivity contribution is 5.90. The predicted molar refractivity (Wildman–Crippen MR) is 178 cm³/mol. The van der Waals surface area contributed by atoms with Crippen LogP contribution in [0.5, 0.6) is 17.2 Å². The van der Waals surface area contributed by atoms with Crippen LogP contribution in [0.4, 0.5) is 21.7 Å². The van der Waals surface area contributed by atoms with Crippen molar-refractivity contribution < 1.29 is 28.9 Å². The molecule has 4 aromatic heterocycles. The van der Waals surface area contributed by atoms with Crippen molar-refractivity contribution in [1.82, 2.24) is 29.5 Å². The number of hydrogen-bond donors (Lipinski definition) is 4. The first-order valence-electron chi connectivity index (χ1n) is 15.4. The van der Waals surface area contributed by atoms with Gasteiger partial charge in [-0.15, -0.1) is 0 Å². The topological polar surface area (TPSA) is 186 Å². The number of nitrogens with one attached hydrogen (secondary N) is 1. The number of unbranched alkanes of at least 4 members (excludes halogenated alkanes) is 1. The molecular formula is C33H38FN9O5. The maximum atomic E-state index is 15.3. The Morgan fingerprint density at radius 2 is 2.04 bits per heavy atom. The van der Waals surface area contributed by atoms with E-state index < -0.39 is 11.7 Å². The number of nitrogens with zero attached hydrogens (tertiary/aromatic N) is 7. The molecule has 0 saturated carbocycles. The third kappa shape index (κ3) is 8.56. The zero-order valence-electron chi connectivity index (χ0n) is 27.1. The van der Waals surface area contributed by atoms with Gasteiger partial charge in [-0.05, 0) is 50.1 Å². The smallest absolute Gasteiger partial charge is 0.241 e. The Hall–Kier alpha value is -5.25. The van der Waals surface area contributed by atoms with E-state index in [0.717, 1.165) is 49.5 Å². The summed E-state index contributed by atoms with van der Waals surface area (Å²) in [6, 6.07) is 8.44. The number of benzene rings is 1. The van der Waals surface area contributed by atoms with Gasteiger partial charge in [-0.25, -0.2) is 28.8 Å². The number of aryl methyl sites for hydroxylation is 1. The average Bonchev–Trinajstić information content (AvgIpc) is 3.45. The minimum Gasteiger partial charge on any atom is -0.489 e. The molecule has 1 aromatic carbocycles. The lowest BCUT2D eigenvalue weighted by molar-refractivity contribution is -0.117. The predicted octanol–water partition coefficient (Wildman–Crippen LogP) is 4.41. The first-order valence-corrected chi connectivity index (χ1v) is 15.4. The van der Waals surface area contributed by atoms with Gasteiger partial charge in [0.2, 0.25) is 5.91 Å². The summed E-state index contributed by atoms with van der Waals surface area (Å²) in [5, 5.41) is 23.9. The number of halogens is 1. The molecule has 5 heterocycles. The molecule has 48 heavy (non-hydrogen) atoms. The molecule has 0 fully saturated rings. The molecule has 0 radical (unpaired) electrons. The van der Waals surface area contributed by atoms with Crippen molar-refractivity contribution in [1.29, 1.82) is 0 Å². The Balaban J connectivity index is 0.000000441. The lowest BCUT2D eigenvalue weighted by Crippen LogP contribution is -2.36. The van der Waals surface area contributed by atoms with Crippen LogP contribution < -0.4 is 25.4 Å². The number of hydrogen-bond acceptors (Lipinski definition) is 13. The highest BCUT2D eigenvalue weighted by atomic mass is 19.1. The van der Waals surface area contributed by atoms with E-state index in [9.17, 15) is 4.79 Å². The standard InChI is InChI=1S/C28H29FN8O2.C5H9NO3/c1-4-5-7-36-13-17(2)14-38-24-12-22-26(35-28(24)36)27(32-15-30-22)34-21-9-18(3)23(11-20(21)29)39-19-6-8-37-25(10-19)31-16-33-37;1-4(7)2-3-5(6,8)9/h6,8-12,15-17H,4-5,7,13-14H2,1-3H3,(H,30,32,34);2-3,8-9H,6H2,1H3/b;3-2+. The van der Waals surface area contributed by atoms with E-state index in [0.29, 0.717) is 52.3 Å². The number of fused-ring (bicyclic) bond motifs is 3. The Labute approximate surface area is 276 Å². The zero-order valence-corrected chi connectivity index (χ0v) is 27.1. The Morgan fingerprint density at radius 3 is 2.77 bits per heavy atom. The van der Waals surface area contributed by atoms with Crippen LogP contribution in [0.25, 0.3) is 16.7 Å². The van der Waals surface area contributed by atoms with Crippen LogP contribution in [0, 0.1) is 18.7 Å². The van der Waals surface area contributed by atoms with Crippen LogP contribution in [-0.4, -0.2) is 71.2 Å². The molecule has 1 aliphatic rings. The molecule has 0 bridgehead atoms. The number of ether oxygens (including phenoxy) is 2. The lowest BCUT2D eigenvalue weighted by Gasteiger charge is -2.24. The number of aliphatic hydroxyl groups is 2. The Kier molecular flexibility index (Phi) is 10.4. The van der Waals surface area contributed by atoms with Crippen molar-refractivity contribution in [3.63, 3.8) is 0 Å². The van der Waals surface area contributed by atoms with Gasteiger partial charge in [-0.2, -0.15) is 5.10 Å². The van der Waals surface area contributed by atoms with E-state index in [1.807, 2.05) is 13.0 Å². The number of anilines is 3. The molecule has 0 amide bonds. The molecule has 0 saturated heterocycles. The van der Waals surface area contributed by atoms with E-state index in [-0.39, 0.29) is 11.5 Å². The van der Waals surface area contributed by atoms with Crippen molar-refractivity contribution in [3.8, 4) is 17.2 Å². The number of rotatable bonds is 9. The zero-order chi connectivity index (χ0) is 34.4. The van der Waals surface area contributed by atoms with Gasteiger partial charge in [0.25, 0.3) is 0 Å². The first-order chi connectivity index (χ1) is 22.9. The fourth-order valence-electron chi connectivity index (χ4n) is 4.90. The highest BCUT2D eigenvalue weighted by Gasteiger charge is 2.24. The van der Waals surface area contributed by atoms with Crippen LogP contribution in [0.3, 0.4) is 0 Å². The minimum absolute atomic E-state index is 0.261. The maximum Gasteiger partial charge on any atom is 0.241 e. The molecular weight excluding hydrogens is 621 g/mol. The quantitative estimate of drug-likeness (QED) is 0.129. The third-order valence-corrected chi connectivity index (χ3v) is 7.25. The van der Waals surface area contributed by atoms with Crippen LogP contribution in [0.2, 0.25) is 0 Å². The van der Waals surface area contributed by atoms with Crippen LogP contribution in [0.1, 0.15) is 39.2 Å². The van der Waals surface area contributed by atoms with Gasteiger partial charge < -0.3 is 29.9 Å². The van der Waals surface area contributed by atoms with Gasteiger partial charge in [-0.1, -0.05) is 20.3 Å². The second kappa shape index (κ2) is 14.7. The normalized spacial score (nSPS) is 14.7. The van der Waals surface area contributed by atoms with Crippen molar-refractivity contribution in [2.24, 2.45) is 11.7 Å². The number of allylic oxidation sites excluding steroid dienone is 1. The van der Waals surface area contributed by atoms with E-state index in [2.05, 4.69) is 49.8 Å². The largest absolute Gasteiger partial charge is 0.489 e. The first kappa shape index (κ1) is 34.1. The molecule has 0 spiro atoms. The number of pyridine rings is 2.